The van der Waals surface area contributed by atoms with Gasteiger partial charge in [-0.25, -0.2) is 4.39 Å². The van der Waals surface area contributed by atoms with Gasteiger partial charge in [-0.2, -0.15) is 0 Å². The number of amides is 1. The number of halogens is 1. The Morgan fingerprint density at radius 2 is 1.91 bits per heavy atom. The molecule has 0 aliphatic carbocycles. The Balaban J connectivity index is 1.71. The van der Waals surface area contributed by atoms with Crippen LogP contribution in [0.25, 0.3) is 0 Å². The lowest BCUT2D eigenvalue weighted by Gasteiger charge is -2.27. The van der Waals surface area contributed by atoms with Gasteiger partial charge in [0.25, 0.3) is 5.91 Å². The zero-order chi connectivity index (χ0) is 15.7. The molecular formula is C18H18FNO2. The molecule has 3 rings (SSSR count). The van der Waals surface area contributed by atoms with E-state index in [1.165, 1.54) is 12.1 Å². The molecule has 2 unspecified atom stereocenters. The topological polar surface area (TPSA) is 29.5 Å². The smallest absolute Gasteiger partial charge is 0.264 e. The van der Waals surface area contributed by atoms with Crippen LogP contribution in [0.15, 0.2) is 48.5 Å². The summed E-state index contributed by atoms with van der Waals surface area (Å²) in [6, 6.07) is 13.8. The van der Waals surface area contributed by atoms with Crippen molar-refractivity contribution in [3.63, 3.8) is 0 Å². The first-order valence-electron chi connectivity index (χ1n) is 7.33. The lowest BCUT2D eigenvalue weighted by Crippen LogP contribution is -2.40. The Morgan fingerprint density at radius 3 is 2.59 bits per heavy atom. The number of rotatable bonds is 3. The Morgan fingerprint density at radius 1 is 1.23 bits per heavy atom. The van der Waals surface area contributed by atoms with Crippen LogP contribution in [0.5, 0.6) is 5.75 Å². The quantitative estimate of drug-likeness (QED) is 0.870. The van der Waals surface area contributed by atoms with Gasteiger partial charge in [-0.15, -0.1) is 0 Å². The highest BCUT2D eigenvalue weighted by Crippen LogP contribution is 2.30. The molecule has 1 amide bonds. The highest BCUT2D eigenvalue weighted by molar-refractivity contribution is 5.82. The van der Waals surface area contributed by atoms with Crippen molar-refractivity contribution >= 4 is 5.91 Å². The summed E-state index contributed by atoms with van der Waals surface area (Å²) in [5, 5.41) is 0. The highest BCUT2D eigenvalue weighted by atomic mass is 19.1. The van der Waals surface area contributed by atoms with Crippen LogP contribution in [0.2, 0.25) is 0 Å². The summed E-state index contributed by atoms with van der Waals surface area (Å²) in [5.41, 5.74) is 1.96. The van der Waals surface area contributed by atoms with Crippen LogP contribution in [0.1, 0.15) is 24.1 Å². The lowest BCUT2D eigenvalue weighted by molar-refractivity contribution is -0.138. The molecule has 2 aromatic rings. The second-order valence-corrected chi connectivity index (χ2v) is 5.60. The zero-order valence-corrected chi connectivity index (χ0v) is 12.6. The fourth-order valence-corrected chi connectivity index (χ4v) is 2.70. The fraction of sp³-hybridized carbons (Fsp3) is 0.278. The fourth-order valence-electron chi connectivity index (χ4n) is 2.70. The second-order valence-electron chi connectivity index (χ2n) is 5.60. The lowest BCUT2D eigenvalue weighted by atomic mass is 10.1. The Kier molecular flexibility index (Phi) is 3.84. The number of hydrogen-bond acceptors (Lipinski definition) is 2. The molecule has 0 aromatic heterocycles. The van der Waals surface area contributed by atoms with Gasteiger partial charge in [-0.1, -0.05) is 30.3 Å². The summed E-state index contributed by atoms with van der Waals surface area (Å²) < 4.78 is 18.8. The molecule has 0 fully saturated rings. The number of benzene rings is 2. The maximum Gasteiger partial charge on any atom is 0.264 e. The van der Waals surface area contributed by atoms with Crippen molar-refractivity contribution in [3.05, 3.63) is 65.5 Å². The summed E-state index contributed by atoms with van der Waals surface area (Å²) in [6.07, 6.45) is 0.112. The standard InChI is InChI=1S/C18H18FNO2/c1-12(13-7-9-15(19)10-8-13)20(2)18(21)17-11-14-5-3-4-6-16(14)22-17/h3-10,12,17H,11H2,1-2H3. The second kappa shape index (κ2) is 5.79. The average molecular weight is 299 g/mol. The van der Waals surface area contributed by atoms with Gasteiger partial charge in [0.05, 0.1) is 6.04 Å². The van der Waals surface area contributed by atoms with E-state index in [0.717, 1.165) is 16.9 Å². The van der Waals surface area contributed by atoms with E-state index in [-0.39, 0.29) is 17.8 Å². The maximum atomic E-state index is 13.0. The summed E-state index contributed by atoms with van der Waals surface area (Å²) in [5.74, 6) is 0.441. The van der Waals surface area contributed by atoms with Crippen LogP contribution in [-0.2, 0) is 11.2 Å². The van der Waals surface area contributed by atoms with E-state index in [4.69, 9.17) is 4.74 Å². The van der Waals surface area contributed by atoms with E-state index in [1.807, 2.05) is 31.2 Å². The van der Waals surface area contributed by atoms with Crippen LogP contribution in [-0.4, -0.2) is 24.0 Å². The molecular weight excluding hydrogens is 281 g/mol. The molecule has 2 atom stereocenters. The summed E-state index contributed by atoms with van der Waals surface area (Å²) >= 11 is 0. The Hall–Kier alpha value is -2.36. The minimum absolute atomic E-state index is 0.0620. The van der Waals surface area contributed by atoms with Gasteiger partial charge in [0, 0.05) is 13.5 Å². The molecule has 0 bridgehead atoms. The summed E-state index contributed by atoms with van der Waals surface area (Å²) in [7, 11) is 1.75. The van der Waals surface area contributed by atoms with Gasteiger partial charge >= 0.3 is 0 Å². The third-order valence-corrected chi connectivity index (χ3v) is 4.20. The van der Waals surface area contributed by atoms with Crippen LogP contribution in [0.3, 0.4) is 0 Å². The first-order valence-corrected chi connectivity index (χ1v) is 7.33. The highest BCUT2D eigenvalue weighted by Gasteiger charge is 2.32. The molecule has 4 heteroatoms. The van der Waals surface area contributed by atoms with Crippen molar-refractivity contribution in [1.29, 1.82) is 0 Å². The first kappa shape index (κ1) is 14.6. The molecule has 2 aromatic carbocycles. The van der Waals surface area contributed by atoms with Crippen molar-refractivity contribution in [1.82, 2.24) is 4.90 Å². The number of carbonyl (C=O) groups excluding carboxylic acids is 1. The van der Waals surface area contributed by atoms with Crippen LogP contribution >= 0.6 is 0 Å². The maximum absolute atomic E-state index is 13.0. The predicted molar refractivity (Wildman–Crippen MR) is 82.1 cm³/mol. The van der Waals surface area contributed by atoms with Gasteiger partial charge in [-0.3, -0.25) is 4.79 Å². The molecule has 1 aliphatic heterocycles. The number of likely N-dealkylation sites (N-methyl/N-ethyl adjacent to an activating group) is 1. The van der Waals surface area contributed by atoms with Crippen molar-refractivity contribution < 1.29 is 13.9 Å². The van der Waals surface area contributed by atoms with E-state index in [1.54, 1.807) is 24.1 Å². The molecule has 0 spiro atoms. The Labute approximate surface area is 129 Å². The van der Waals surface area contributed by atoms with E-state index in [2.05, 4.69) is 0 Å². The molecule has 1 aliphatic rings. The van der Waals surface area contributed by atoms with Gasteiger partial charge in [0.2, 0.25) is 0 Å². The zero-order valence-electron chi connectivity index (χ0n) is 12.6. The third-order valence-electron chi connectivity index (χ3n) is 4.20. The molecule has 0 radical (unpaired) electrons. The normalized spacial score (nSPS) is 17.5. The molecule has 0 saturated heterocycles. The molecule has 0 N–H and O–H groups in total. The van der Waals surface area contributed by atoms with Gasteiger partial charge < -0.3 is 9.64 Å². The number of ether oxygens (including phenoxy) is 1. The van der Waals surface area contributed by atoms with Gasteiger partial charge in [0.15, 0.2) is 6.10 Å². The van der Waals surface area contributed by atoms with Crippen molar-refractivity contribution in [2.24, 2.45) is 0 Å². The number of hydrogen-bond donors (Lipinski definition) is 0. The predicted octanol–water partition coefficient (Wildman–Crippen LogP) is 3.35. The van der Waals surface area contributed by atoms with E-state index in [9.17, 15) is 9.18 Å². The Bertz CT molecular complexity index is 659. The van der Waals surface area contributed by atoms with E-state index >= 15 is 0 Å². The largest absolute Gasteiger partial charge is 0.480 e. The average Bonchev–Trinajstić information content (AvgIpc) is 2.97. The van der Waals surface area contributed by atoms with E-state index in [0.29, 0.717) is 6.42 Å². The SMILES string of the molecule is CC(c1ccc(F)cc1)N(C)C(=O)C1Cc2ccccc2O1. The van der Waals surface area contributed by atoms with E-state index < -0.39 is 6.10 Å². The molecule has 3 nitrogen and oxygen atoms in total. The number of fused-ring (bicyclic) bond motifs is 1. The van der Waals surface area contributed by atoms with Gasteiger partial charge in [0.1, 0.15) is 11.6 Å². The third kappa shape index (κ3) is 2.69. The summed E-state index contributed by atoms with van der Waals surface area (Å²) in [4.78, 5) is 14.3. The van der Waals surface area contributed by atoms with Gasteiger partial charge in [-0.05, 0) is 36.2 Å². The molecule has 114 valence electrons. The monoisotopic (exact) mass is 299 g/mol. The van der Waals surface area contributed by atoms with Crippen LogP contribution in [0, 0.1) is 5.82 Å². The van der Waals surface area contributed by atoms with Crippen molar-refractivity contribution in [2.45, 2.75) is 25.5 Å². The molecule has 1 heterocycles. The minimum Gasteiger partial charge on any atom is -0.480 e. The summed E-state index contributed by atoms with van der Waals surface area (Å²) in [6.45, 7) is 1.92. The van der Waals surface area contributed by atoms with Crippen molar-refractivity contribution in [3.8, 4) is 5.75 Å². The van der Waals surface area contributed by atoms with Crippen molar-refractivity contribution in [2.75, 3.05) is 7.05 Å². The number of para-hydroxylation sites is 1. The van der Waals surface area contributed by atoms with Crippen LogP contribution in [0.4, 0.5) is 4.39 Å². The number of nitrogens with zero attached hydrogens (tertiary/aromatic N) is 1. The molecule has 0 saturated carbocycles. The molecule has 22 heavy (non-hydrogen) atoms. The first-order chi connectivity index (χ1) is 10.6. The number of carbonyl (C=O) groups is 1. The van der Waals surface area contributed by atoms with Crippen LogP contribution < -0.4 is 4.74 Å². The minimum atomic E-state index is -0.481.